The van der Waals surface area contributed by atoms with Gasteiger partial charge in [-0.15, -0.1) is 6.58 Å². The fourth-order valence-electron chi connectivity index (χ4n) is 2.31. The molecule has 0 amide bonds. The van der Waals surface area contributed by atoms with Crippen LogP contribution in [0.1, 0.15) is 24.8 Å². The highest BCUT2D eigenvalue weighted by Gasteiger charge is 2.42. The number of benzene rings is 1. The molecular formula is C16H18O2. The average Bonchev–Trinajstić information content (AvgIpc) is 2.73. The molecule has 2 rings (SSSR count). The van der Waals surface area contributed by atoms with Crippen molar-refractivity contribution in [2.45, 2.75) is 19.3 Å². The van der Waals surface area contributed by atoms with Crippen LogP contribution in [-0.2, 0) is 9.53 Å². The summed E-state index contributed by atoms with van der Waals surface area (Å²) in [5.41, 5.74) is 0.769. The van der Waals surface area contributed by atoms with Crippen molar-refractivity contribution in [3.05, 3.63) is 54.6 Å². The molecule has 0 bridgehead atoms. The molecule has 1 aliphatic heterocycles. The van der Waals surface area contributed by atoms with E-state index in [1.807, 2.05) is 36.4 Å². The van der Waals surface area contributed by atoms with Crippen molar-refractivity contribution in [1.29, 1.82) is 0 Å². The maximum Gasteiger partial charge on any atom is 0.312 e. The van der Waals surface area contributed by atoms with Crippen LogP contribution in [0.5, 0.6) is 0 Å². The van der Waals surface area contributed by atoms with E-state index >= 15 is 0 Å². The Hall–Kier alpha value is -1.83. The SMILES string of the molecule is C=CCC1(C/C=C/c2ccccc2)CCOC1=O. The summed E-state index contributed by atoms with van der Waals surface area (Å²) in [4.78, 5) is 11.8. The summed E-state index contributed by atoms with van der Waals surface area (Å²) in [5.74, 6) is -0.0832. The van der Waals surface area contributed by atoms with Crippen molar-refractivity contribution in [3.8, 4) is 0 Å². The first-order chi connectivity index (χ1) is 8.77. The molecule has 0 aliphatic carbocycles. The Balaban J connectivity index is 2.05. The number of hydrogen-bond donors (Lipinski definition) is 0. The zero-order valence-corrected chi connectivity index (χ0v) is 10.5. The van der Waals surface area contributed by atoms with Gasteiger partial charge in [0.2, 0.25) is 0 Å². The molecule has 1 heterocycles. The lowest BCUT2D eigenvalue weighted by Crippen LogP contribution is -2.24. The number of esters is 1. The molecule has 1 atom stereocenters. The van der Waals surface area contributed by atoms with E-state index in [-0.39, 0.29) is 11.4 Å². The molecule has 0 N–H and O–H groups in total. The number of carbonyl (C=O) groups is 1. The first-order valence-electron chi connectivity index (χ1n) is 6.27. The molecule has 1 unspecified atom stereocenters. The van der Waals surface area contributed by atoms with Crippen LogP contribution in [0.25, 0.3) is 6.08 Å². The van der Waals surface area contributed by atoms with Gasteiger partial charge in [0.05, 0.1) is 12.0 Å². The van der Waals surface area contributed by atoms with Crippen LogP contribution in [0.2, 0.25) is 0 Å². The van der Waals surface area contributed by atoms with E-state index in [4.69, 9.17) is 4.74 Å². The van der Waals surface area contributed by atoms with Gasteiger partial charge >= 0.3 is 5.97 Å². The van der Waals surface area contributed by atoms with Crippen molar-refractivity contribution in [1.82, 2.24) is 0 Å². The van der Waals surface area contributed by atoms with Crippen molar-refractivity contribution in [2.24, 2.45) is 5.41 Å². The highest BCUT2D eigenvalue weighted by Crippen LogP contribution is 2.38. The fraction of sp³-hybridized carbons (Fsp3) is 0.312. The van der Waals surface area contributed by atoms with Gasteiger partial charge in [0.1, 0.15) is 0 Å². The third kappa shape index (κ3) is 2.70. The van der Waals surface area contributed by atoms with Gasteiger partial charge < -0.3 is 4.74 Å². The average molecular weight is 242 g/mol. The van der Waals surface area contributed by atoms with E-state index in [1.165, 1.54) is 0 Å². The third-order valence-electron chi connectivity index (χ3n) is 3.40. The molecule has 0 aromatic heterocycles. The number of allylic oxidation sites excluding steroid dienone is 2. The topological polar surface area (TPSA) is 26.3 Å². The minimum absolute atomic E-state index is 0.0832. The normalized spacial score (nSPS) is 23.2. The molecule has 94 valence electrons. The quantitative estimate of drug-likeness (QED) is 0.582. The van der Waals surface area contributed by atoms with Crippen LogP contribution in [-0.4, -0.2) is 12.6 Å². The molecule has 2 heteroatoms. The van der Waals surface area contributed by atoms with E-state index in [9.17, 15) is 4.79 Å². The van der Waals surface area contributed by atoms with Gasteiger partial charge in [-0.05, 0) is 24.8 Å². The molecule has 18 heavy (non-hydrogen) atoms. The largest absolute Gasteiger partial charge is 0.465 e. The lowest BCUT2D eigenvalue weighted by Gasteiger charge is -2.20. The summed E-state index contributed by atoms with van der Waals surface area (Å²) in [6.07, 6.45) is 8.11. The number of cyclic esters (lactones) is 1. The predicted molar refractivity (Wildman–Crippen MR) is 72.9 cm³/mol. The van der Waals surface area contributed by atoms with Gasteiger partial charge in [-0.25, -0.2) is 0 Å². The second-order valence-electron chi connectivity index (χ2n) is 4.68. The van der Waals surface area contributed by atoms with Gasteiger partial charge in [-0.2, -0.15) is 0 Å². The summed E-state index contributed by atoms with van der Waals surface area (Å²) < 4.78 is 5.10. The summed E-state index contributed by atoms with van der Waals surface area (Å²) in [6, 6.07) is 10.1. The first-order valence-corrected chi connectivity index (χ1v) is 6.27. The van der Waals surface area contributed by atoms with Gasteiger partial charge in [0.25, 0.3) is 0 Å². The molecular weight excluding hydrogens is 224 g/mol. The number of hydrogen-bond acceptors (Lipinski definition) is 2. The van der Waals surface area contributed by atoms with E-state index in [0.29, 0.717) is 19.4 Å². The lowest BCUT2D eigenvalue weighted by molar-refractivity contribution is -0.146. The molecule has 1 saturated heterocycles. The summed E-state index contributed by atoms with van der Waals surface area (Å²) in [5, 5.41) is 0. The van der Waals surface area contributed by atoms with Crippen LogP contribution in [0, 0.1) is 5.41 Å². The molecule has 1 fully saturated rings. The van der Waals surface area contributed by atoms with Crippen LogP contribution in [0.3, 0.4) is 0 Å². The second kappa shape index (κ2) is 5.67. The zero-order valence-electron chi connectivity index (χ0n) is 10.5. The standard InChI is InChI=1S/C16H18O2/c1-2-10-16(12-13-18-15(16)17)11-6-9-14-7-4-3-5-8-14/h2-9H,1,10-13H2/b9-6+. The number of rotatable bonds is 5. The van der Waals surface area contributed by atoms with Crippen LogP contribution in [0.4, 0.5) is 0 Å². The van der Waals surface area contributed by atoms with Crippen LogP contribution in [0.15, 0.2) is 49.1 Å². The number of ether oxygens (including phenoxy) is 1. The Morgan fingerprint density at radius 1 is 1.28 bits per heavy atom. The Morgan fingerprint density at radius 3 is 2.67 bits per heavy atom. The Morgan fingerprint density at radius 2 is 2.06 bits per heavy atom. The number of carbonyl (C=O) groups excluding carboxylic acids is 1. The molecule has 0 saturated carbocycles. The third-order valence-corrected chi connectivity index (χ3v) is 3.40. The molecule has 0 spiro atoms. The molecule has 1 aromatic carbocycles. The Kier molecular flexibility index (Phi) is 3.98. The van der Waals surface area contributed by atoms with E-state index < -0.39 is 0 Å². The Labute approximate surface area is 108 Å². The maximum absolute atomic E-state index is 11.8. The highest BCUT2D eigenvalue weighted by atomic mass is 16.5. The first kappa shape index (κ1) is 12.6. The van der Waals surface area contributed by atoms with Gasteiger partial charge in [0.15, 0.2) is 0 Å². The lowest BCUT2D eigenvalue weighted by atomic mass is 9.79. The smallest absolute Gasteiger partial charge is 0.312 e. The van der Waals surface area contributed by atoms with Gasteiger partial charge in [-0.3, -0.25) is 4.79 Å². The van der Waals surface area contributed by atoms with Gasteiger partial charge in [-0.1, -0.05) is 48.6 Å². The minimum Gasteiger partial charge on any atom is -0.465 e. The molecule has 0 radical (unpaired) electrons. The highest BCUT2D eigenvalue weighted by molar-refractivity contribution is 5.79. The molecule has 1 aromatic rings. The maximum atomic E-state index is 11.8. The summed E-state index contributed by atoms with van der Waals surface area (Å²) in [6.45, 7) is 4.27. The van der Waals surface area contributed by atoms with Crippen molar-refractivity contribution < 1.29 is 9.53 Å². The summed E-state index contributed by atoms with van der Waals surface area (Å²) in [7, 11) is 0. The summed E-state index contributed by atoms with van der Waals surface area (Å²) >= 11 is 0. The van der Waals surface area contributed by atoms with E-state index in [1.54, 1.807) is 0 Å². The van der Waals surface area contributed by atoms with Crippen molar-refractivity contribution in [3.63, 3.8) is 0 Å². The Bertz CT molecular complexity index is 447. The van der Waals surface area contributed by atoms with Crippen LogP contribution >= 0.6 is 0 Å². The van der Waals surface area contributed by atoms with Crippen molar-refractivity contribution in [2.75, 3.05) is 6.61 Å². The second-order valence-corrected chi connectivity index (χ2v) is 4.68. The zero-order chi connectivity index (χ0) is 12.8. The fourth-order valence-corrected chi connectivity index (χ4v) is 2.31. The van der Waals surface area contributed by atoms with E-state index in [2.05, 4.69) is 18.7 Å². The predicted octanol–water partition coefficient (Wildman–Crippen LogP) is 3.60. The molecule has 2 nitrogen and oxygen atoms in total. The van der Waals surface area contributed by atoms with Crippen molar-refractivity contribution >= 4 is 12.0 Å². The van der Waals surface area contributed by atoms with E-state index in [0.717, 1.165) is 12.0 Å². The minimum atomic E-state index is -0.382. The van der Waals surface area contributed by atoms with Gasteiger partial charge in [0, 0.05) is 0 Å². The monoisotopic (exact) mass is 242 g/mol. The molecule has 1 aliphatic rings. The van der Waals surface area contributed by atoms with Crippen LogP contribution < -0.4 is 0 Å².